The highest BCUT2D eigenvalue weighted by Crippen LogP contribution is 2.31. The summed E-state index contributed by atoms with van der Waals surface area (Å²) in [6, 6.07) is 3.86. The number of anilines is 1. The molecule has 2 rings (SSSR count). The van der Waals surface area contributed by atoms with Gasteiger partial charge in [0.2, 0.25) is 0 Å². The van der Waals surface area contributed by atoms with Crippen LogP contribution < -0.4 is 4.72 Å². The van der Waals surface area contributed by atoms with Gasteiger partial charge in [0.05, 0.1) is 15.9 Å². The molecule has 0 aliphatic carbocycles. The zero-order chi connectivity index (χ0) is 11.0. The molecule has 2 N–H and O–H groups in total. The summed E-state index contributed by atoms with van der Waals surface area (Å²) in [6.45, 7) is 2.02. The van der Waals surface area contributed by atoms with Crippen LogP contribution in [-0.2, 0) is 0 Å². The largest absolute Gasteiger partial charge is 0.319 e. The average Bonchev–Trinajstić information content (AvgIpc) is 2.56. The highest BCUT2D eigenvalue weighted by molar-refractivity contribution is 8.14. The van der Waals surface area contributed by atoms with E-state index >= 15 is 0 Å². The number of fused-ring (bicyclic) bond motifs is 1. The predicted molar refractivity (Wildman–Crippen MR) is 70.1 cm³/mol. The molecule has 0 saturated heterocycles. The smallest absolute Gasteiger partial charge is 0.166 e. The van der Waals surface area contributed by atoms with Crippen LogP contribution in [0.4, 0.5) is 5.82 Å². The van der Waals surface area contributed by atoms with E-state index in [9.17, 15) is 0 Å². The summed E-state index contributed by atoms with van der Waals surface area (Å²) in [5.74, 6) is 4.67. The van der Waals surface area contributed by atoms with E-state index in [1.807, 2.05) is 25.3 Å². The lowest BCUT2D eigenvalue weighted by atomic mass is 10.1. The summed E-state index contributed by atoms with van der Waals surface area (Å²) in [4.78, 5) is 0. The monoisotopic (exact) mass is 241 g/mol. The molecular formula is C10H12ClN3S. The molecule has 0 amide bonds. The third-order valence-corrected chi connectivity index (χ3v) is 3.01. The summed E-state index contributed by atoms with van der Waals surface area (Å²) >= 11 is 6.14. The summed E-state index contributed by atoms with van der Waals surface area (Å²) < 4.78 is 3.19. The second-order valence-electron chi connectivity index (χ2n) is 3.43. The predicted octanol–water partition coefficient (Wildman–Crippen LogP) is 3.18. The van der Waals surface area contributed by atoms with Gasteiger partial charge >= 0.3 is 0 Å². The number of aryl methyl sites for hydroxylation is 1. The van der Waals surface area contributed by atoms with Gasteiger partial charge in [0, 0.05) is 0 Å². The molecule has 0 spiro atoms. The maximum absolute atomic E-state index is 6.14. The first-order valence-electron chi connectivity index (χ1n) is 4.45. The molecule has 1 atom stereocenters. The molecule has 1 heterocycles. The molecule has 0 radical (unpaired) electrons. The van der Waals surface area contributed by atoms with Crippen molar-refractivity contribution >= 4 is 44.9 Å². The van der Waals surface area contributed by atoms with Gasteiger partial charge in [0.15, 0.2) is 5.82 Å². The van der Waals surface area contributed by atoms with E-state index in [2.05, 4.69) is 20.8 Å². The highest BCUT2D eigenvalue weighted by atomic mass is 35.5. The number of halogens is 1. The van der Waals surface area contributed by atoms with Crippen LogP contribution in [0, 0.1) is 6.92 Å². The van der Waals surface area contributed by atoms with Gasteiger partial charge in [0.1, 0.15) is 0 Å². The van der Waals surface area contributed by atoms with Crippen molar-refractivity contribution in [2.24, 2.45) is 0 Å². The van der Waals surface area contributed by atoms with Crippen LogP contribution in [0.5, 0.6) is 0 Å². The van der Waals surface area contributed by atoms with Crippen LogP contribution >= 0.6 is 22.3 Å². The van der Waals surface area contributed by atoms with Gasteiger partial charge in [0.25, 0.3) is 0 Å². The maximum Gasteiger partial charge on any atom is 0.166 e. The second-order valence-corrected chi connectivity index (χ2v) is 5.31. The van der Waals surface area contributed by atoms with Gasteiger partial charge in [-0.2, -0.15) is 5.10 Å². The first kappa shape index (κ1) is 10.5. The lowest BCUT2D eigenvalue weighted by Gasteiger charge is -2.03. The van der Waals surface area contributed by atoms with Crippen molar-refractivity contribution in [2.75, 3.05) is 11.0 Å². The molecule has 0 saturated carbocycles. The van der Waals surface area contributed by atoms with E-state index in [1.54, 1.807) is 0 Å². The van der Waals surface area contributed by atoms with Gasteiger partial charge in [-0.25, -0.2) is 0 Å². The van der Waals surface area contributed by atoms with Gasteiger partial charge in [-0.1, -0.05) is 23.5 Å². The molecule has 15 heavy (non-hydrogen) atoms. The van der Waals surface area contributed by atoms with Crippen molar-refractivity contribution in [2.45, 2.75) is 6.92 Å². The highest BCUT2D eigenvalue weighted by Gasteiger charge is 2.10. The number of benzene rings is 1. The number of hydrogen-bond acceptors (Lipinski definition) is 2. The molecule has 2 aromatic rings. The van der Waals surface area contributed by atoms with Crippen LogP contribution in [0.15, 0.2) is 12.1 Å². The molecule has 1 aromatic heterocycles. The Bertz CT molecular complexity index is 533. The van der Waals surface area contributed by atoms with E-state index < -0.39 is 0 Å². The van der Waals surface area contributed by atoms with Gasteiger partial charge < -0.3 is 4.72 Å². The minimum absolute atomic E-state index is 0.157. The zero-order valence-electron chi connectivity index (χ0n) is 8.60. The van der Waals surface area contributed by atoms with Crippen molar-refractivity contribution in [3.8, 4) is 0 Å². The molecule has 5 heteroatoms. The fraction of sp³-hybridized carbons (Fsp3) is 0.200. The van der Waals surface area contributed by atoms with E-state index in [1.165, 1.54) is 0 Å². The number of rotatable bonds is 2. The Kier molecular flexibility index (Phi) is 2.71. The minimum atomic E-state index is -0.157. The van der Waals surface area contributed by atoms with Gasteiger partial charge in [-0.3, -0.25) is 5.10 Å². The molecule has 1 aromatic carbocycles. The Balaban J connectivity index is 2.67. The first-order valence-corrected chi connectivity index (χ1v) is 6.63. The number of nitrogens with one attached hydrogen (secondary N) is 2. The van der Waals surface area contributed by atoms with E-state index in [-0.39, 0.29) is 10.7 Å². The molecule has 0 aliphatic rings. The quantitative estimate of drug-likeness (QED) is 0.793. The van der Waals surface area contributed by atoms with E-state index in [0.717, 1.165) is 22.3 Å². The maximum atomic E-state index is 6.14. The second kappa shape index (κ2) is 3.87. The Morgan fingerprint density at radius 1 is 1.53 bits per heavy atom. The molecule has 0 aliphatic heterocycles. The van der Waals surface area contributed by atoms with Crippen molar-refractivity contribution in [1.82, 2.24) is 10.2 Å². The molecule has 1 unspecified atom stereocenters. The Hall–Kier alpha value is -1.00. The van der Waals surface area contributed by atoms with Crippen LogP contribution in [0.2, 0.25) is 5.02 Å². The Labute approximate surface area is 95.9 Å². The molecule has 0 fully saturated rings. The topological polar surface area (TPSA) is 40.7 Å². The van der Waals surface area contributed by atoms with Crippen molar-refractivity contribution < 1.29 is 0 Å². The normalized spacial score (nSPS) is 13.0. The number of hydrogen-bond donors (Lipinski definition) is 2. The number of H-pyrrole nitrogens is 1. The van der Waals surface area contributed by atoms with E-state index in [4.69, 9.17) is 11.6 Å². The van der Waals surface area contributed by atoms with Gasteiger partial charge in [-0.15, -0.1) is 10.7 Å². The summed E-state index contributed by atoms with van der Waals surface area (Å²) in [5.41, 5.74) is 2.12. The first-order chi connectivity index (χ1) is 7.09. The minimum Gasteiger partial charge on any atom is -0.319 e. The Morgan fingerprint density at radius 3 is 2.93 bits per heavy atom. The average molecular weight is 242 g/mol. The zero-order valence-corrected chi connectivity index (χ0v) is 10.2. The third kappa shape index (κ3) is 1.87. The molecule has 80 valence electrons. The molecule has 0 bridgehead atoms. The van der Waals surface area contributed by atoms with Crippen molar-refractivity contribution in [3.63, 3.8) is 0 Å². The SMILES string of the molecule is C=S(C)Nc1n[nH]c2c(C)ccc(Cl)c12. The van der Waals surface area contributed by atoms with Crippen LogP contribution in [0.1, 0.15) is 5.56 Å². The molecule has 3 nitrogen and oxygen atoms in total. The summed E-state index contributed by atoms with van der Waals surface area (Å²) in [7, 11) is -0.157. The van der Waals surface area contributed by atoms with Gasteiger partial charge in [-0.05, 0) is 24.8 Å². The third-order valence-electron chi connectivity index (χ3n) is 2.15. The van der Waals surface area contributed by atoms with Crippen LogP contribution in [-0.4, -0.2) is 22.3 Å². The van der Waals surface area contributed by atoms with E-state index in [0.29, 0.717) is 5.02 Å². The lowest BCUT2D eigenvalue weighted by molar-refractivity contribution is 1.12. The molecular weight excluding hydrogens is 230 g/mol. The number of aromatic amines is 1. The fourth-order valence-corrected chi connectivity index (χ4v) is 2.19. The number of nitrogens with zero attached hydrogens (tertiary/aromatic N) is 1. The fourth-order valence-electron chi connectivity index (χ4n) is 1.46. The summed E-state index contributed by atoms with van der Waals surface area (Å²) in [6.07, 6.45) is 1.99. The van der Waals surface area contributed by atoms with Crippen molar-refractivity contribution in [3.05, 3.63) is 22.7 Å². The van der Waals surface area contributed by atoms with Crippen LogP contribution in [0.25, 0.3) is 10.9 Å². The Morgan fingerprint density at radius 2 is 2.27 bits per heavy atom. The standard InChI is InChI=1S/C10H12ClN3S/c1-6-4-5-7(11)8-9(6)12-13-10(8)14-15(2)3/h4-5H,2H2,1,3H3,(H2,12,13,14). The lowest BCUT2D eigenvalue weighted by Crippen LogP contribution is -1.88. The summed E-state index contributed by atoms with van der Waals surface area (Å²) in [5, 5.41) is 8.84. The van der Waals surface area contributed by atoms with Crippen LogP contribution in [0.3, 0.4) is 0 Å². The van der Waals surface area contributed by atoms with Crippen molar-refractivity contribution in [1.29, 1.82) is 0 Å². The number of aromatic nitrogens is 2.